The summed E-state index contributed by atoms with van der Waals surface area (Å²) in [4.78, 5) is 62.5. The summed E-state index contributed by atoms with van der Waals surface area (Å²) in [5.41, 5.74) is 0.457. The van der Waals surface area contributed by atoms with Crippen molar-refractivity contribution in [3.8, 4) is 5.75 Å². The number of esters is 1. The second kappa shape index (κ2) is 14.2. The molecule has 1 fully saturated rings. The molecule has 47 heavy (non-hydrogen) atoms. The predicted octanol–water partition coefficient (Wildman–Crippen LogP) is 4.83. The van der Waals surface area contributed by atoms with Crippen molar-refractivity contribution in [3.63, 3.8) is 0 Å². The molecule has 8 atom stereocenters. The van der Waals surface area contributed by atoms with E-state index in [4.69, 9.17) is 13.9 Å². The number of Topliss-reactive ketones (excluding diaryl/α,β-unsaturated/α-hetero) is 1. The first-order chi connectivity index (χ1) is 22.1. The van der Waals surface area contributed by atoms with E-state index in [0.29, 0.717) is 22.3 Å². The van der Waals surface area contributed by atoms with Crippen LogP contribution in [0.3, 0.4) is 0 Å². The second-order valence-electron chi connectivity index (χ2n) is 12.8. The van der Waals surface area contributed by atoms with Crippen LogP contribution in [0, 0.1) is 37.5 Å². The molecular weight excluding hydrogens is 606 g/mol. The fourth-order valence-electron chi connectivity index (χ4n) is 6.66. The van der Waals surface area contributed by atoms with Crippen LogP contribution in [-0.4, -0.2) is 64.4 Å². The molecule has 0 bridgehead atoms. The SMILES string of the molecule is CC(=O)O[C@H]1[C@H](C)[C@@H]([C@H](C)[C@@H](O)[C@@H](C)/C=C/C=C(/C)C(=O)NC2=CC(=O)c3c(c(O)c(C)c4oc(C)cc34)C2=O)OC(CC=O)[C@H]1C. The van der Waals surface area contributed by atoms with Crippen molar-refractivity contribution in [1.82, 2.24) is 5.32 Å². The van der Waals surface area contributed by atoms with Gasteiger partial charge in [-0.2, -0.15) is 0 Å². The molecule has 0 spiro atoms. The number of phenols is 1. The molecule has 4 rings (SSSR count). The molecule has 1 unspecified atom stereocenters. The summed E-state index contributed by atoms with van der Waals surface area (Å²) in [7, 11) is 0. The third kappa shape index (κ3) is 7.01. The van der Waals surface area contributed by atoms with E-state index < -0.39 is 53.8 Å². The number of ketones is 2. The van der Waals surface area contributed by atoms with E-state index in [2.05, 4.69) is 5.32 Å². The molecule has 252 valence electrons. The van der Waals surface area contributed by atoms with E-state index in [1.165, 1.54) is 19.9 Å². The van der Waals surface area contributed by atoms with E-state index >= 15 is 0 Å². The maximum absolute atomic E-state index is 13.3. The van der Waals surface area contributed by atoms with Crippen molar-refractivity contribution in [2.24, 2.45) is 23.7 Å². The van der Waals surface area contributed by atoms with Crippen LogP contribution in [0.2, 0.25) is 0 Å². The molecule has 0 radical (unpaired) electrons. The molecule has 1 aliphatic carbocycles. The number of amides is 1. The Hall–Kier alpha value is -4.35. The number of carbonyl (C=O) groups is 5. The number of carbonyl (C=O) groups excluding carboxylic acids is 5. The van der Waals surface area contributed by atoms with Crippen molar-refractivity contribution in [3.05, 3.63) is 64.1 Å². The third-order valence-electron chi connectivity index (χ3n) is 9.37. The Morgan fingerprint density at radius 2 is 1.79 bits per heavy atom. The zero-order valence-corrected chi connectivity index (χ0v) is 28.0. The summed E-state index contributed by atoms with van der Waals surface area (Å²) in [6.45, 7) is 13.6. The molecule has 1 aliphatic heterocycles. The van der Waals surface area contributed by atoms with Crippen molar-refractivity contribution < 1.29 is 48.1 Å². The second-order valence-corrected chi connectivity index (χ2v) is 12.8. The summed E-state index contributed by atoms with van der Waals surface area (Å²) in [5, 5.41) is 24.9. The highest BCUT2D eigenvalue weighted by atomic mass is 16.6. The number of furan rings is 1. The molecule has 2 heterocycles. The third-order valence-corrected chi connectivity index (χ3v) is 9.37. The van der Waals surface area contributed by atoms with Gasteiger partial charge in [0.2, 0.25) is 5.78 Å². The Morgan fingerprint density at radius 1 is 1.11 bits per heavy atom. The number of ether oxygens (including phenoxy) is 2. The molecule has 1 amide bonds. The zero-order valence-electron chi connectivity index (χ0n) is 28.0. The molecule has 11 heteroatoms. The normalized spacial score (nSPS) is 25.3. The smallest absolute Gasteiger partial charge is 0.302 e. The molecular formula is C36H43NO10. The lowest BCUT2D eigenvalue weighted by molar-refractivity contribution is -0.206. The standard InChI is InChI=1S/C36H43NO10/c1-16(30(41)20(5)34-22(7)33(46-23(8)39)19(4)27(47-34)12-13-38)10-9-11-17(2)36(44)37-25-15-26(40)28-24-14-18(3)45-35(24)21(6)31(42)29(28)32(25)43/h9-11,13-16,19-20,22,27,30,33-34,41-42H,12H2,1-8H3,(H,37,44)/b10-9+,17-11-/t16-,19+,20+,22-,27?,30-,33+,34+/m0/s1. The topological polar surface area (TPSA) is 169 Å². The van der Waals surface area contributed by atoms with Gasteiger partial charge in [-0.15, -0.1) is 0 Å². The molecule has 2 aromatic rings. The largest absolute Gasteiger partial charge is 0.507 e. The van der Waals surface area contributed by atoms with Crippen LogP contribution >= 0.6 is 0 Å². The summed E-state index contributed by atoms with van der Waals surface area (Å²) < 4.78 is 17.5. The number of hydrogen-bond donors (Lipinski definition) is 3. The number of rotatable bonds is 10. The highest BCUT2D eigenvalue weighted by Gasteiger charge is 2.46. The van der Waals surface area contributed by atoms with Gasteiger partial charge in [0.1, 0.15) is 29.5 Å². The van der Waals surface area contributed by atoms with Gasteiger partial charge >= 0.3 is 5.97 Å². The zero-order chi connectivity index (χ0) is 34.9. The highest BCUT2D eigenvalue weighted by molar-refractivity contribution is 6.30. The number of allylic oxidation sites excluding steroid dienone is 4. The van der Waals surface area contributed by atoms with E-state index in [9.17, 15) is 34.2 Å². The summed E-state index contributed by atoms with van der Waals surface area (Å²) in [6, 6.07) is 1.63. The Morgan fingerprint density at radius 3 is 2.43 bits per heavy atom. The number of benzene rings is 1. The molecule has 3 N–H and O–H groups in total. The molecule has 2 aliphatic rings. The Balaban J connectivity index is 1.44. The van der Waals surface area contributed by atoms with Gasteiger partial charge in [0.25, 0.3) is 5.91 Å². The number of fused-ring (bicyclic) bond motifs is 3. The maximum atomic E-state index is 13.3. The Labute approximate surface area is 273 Å². The average Bonchev–Trinajstić information content (AvgIpc) is 3.41. The lowest BCUT2D eigenvalue weighted by atomic mass is 9.75. The molecule has 1 aromatic carbocycles. The lowest BCUT2D eigenvalue weighted by Gasteiger charge is -2.47. The number of hydrogen-bond acceptors (Lipinski definition) is 10. The van der Waals surface area contributed by atoms with Crippen molar-refractivity contribution in [1.29, 1.82) is 0 Å². The summed E-state index contributed by atoms with van der Waals surface area (Å²) in [5.74, 6) is -3.35. The number of aldehydes is 1. The monoisotopic (exact) mass is 649 g/mol. The minimum Gasteiger partial charge on any atom is -0.507 e. The van der Waals surface area contributed by atoms with Crippen LogP contribution in [0.1, 0.15) is 80.0 Å². The van der Waals surface area contributed by atoms with E-state index in [-0.39, 0.29) is 52.3 Å². The number of aromatic hydroxyl groups is 1. The van der Waals surface area contributed by atoms with Gasteiger partial charge < -0.3 is 34.2 Å². The van der Waals surface area contributed by atoms with Crippen LogP contribution in [0.15, 0.2) is 46.1 Å². The predicted molar refractivity (Wildman–Crippen MR) is 173 cm³/mol. The van der Waals surface area contributed by atoms with Gasteiger partial charge in [0.15, 0.2) is 5.78 Å². The van der Waals surface area contributed by atoms with Crippen LogP contribution in [-0.2, 0) is 23.9 Å². The Bertz CT molecular complexity index is 1690. The van der Waals surface area contributed by atoms with Gasteiger partial charge in [-0.3, -0.25) is 19.2 Å². The number of phenolic OH excluding ortho intramolecular Hbond substituents is 1. The summed E-state index contributed by atoms with van der Waals surface area (Å²) in [6.07, 6.45) is 4.54. The first-order valence-electron chi connectivity index (χ1n) is 15.8. The van der Waals surface area contributed by atoms with Gasteiger partial charge in [0.05, 0.1) is 29.6 Å². The van der Waals surface area contributed by atoms with Crippen LogP contribution in [0.4, 0.5) is 0 Å². The minimum atomic E-state index is -0.873. The van der Waals surface area contributed by atoms with Crippen molar-refractivity contribution in [2.75, 3.05) is 0 Å². The van der Waals surface area contributed by atoms with E-state index in [1.807, 2.05) is 27.7 Å². The maximum Gasteiger partial charge on any atom is 0.302 e. The van der Waals surface area contributed by atoms with Crippen molar-refractivity contribution in [2.45, 2.75) is 86.2 Å². The van der Waals surface area contributed by atoms with Gasteiger partial charge in [-0.05, 0) is 26.8 Å². The first kappa shape index (κ1) is 35.5. The number of aliphatic hydroxyl groups is 1. The van der Waals surface area contributed by atoms with E-state index in [1.54, 1.807) is 32.1 Å². The fraction of sp³-hybridized carbons (Fsp3) is 0.472. The van der Waals surface area contributed by atoms with Gasteiger partial charge in [-0.25, -0.2) is 0 Å². The summed E-state index contributed by atoms with van der Waals surface area (Å²) >= 11 is 0. The molecule has 1 saturated heterocycles. The lowest BCUT2D eigenvalue weighted by Crippen LogP contribution is -2.54. The first-order valence-corrected chi connectivity index (χ1v) is 15.8. The number of aliphatic hydroxyl groups excluding tert-OH is 1. The average molecular weight is 650 g/mol. The quantitative estimate of drug-likeness (QED) is 0.140. The fourth-order valence-corrected chi connectivity index (χ4v) is 6.66. The minimum absolute atomic E-state index is 0.0311. The van der Waals surface area contributed by atoms with Gasteiger partial charge in [0, 0.05) is 65.2 Å². The Kier molecular flexibility index (Phi) is 10.7. The van der Waals surface area contributed by atoms with E-state index in [0.717, 1.165) is 12.4 Å². The van der Waals surface area contributed by atoms with Crippen LogP contribution in [0.5, 0.6) is 5.75 Å². The molecule has 11 nitrogen and oxygen atoms in total. The van der Waals surface area contributed by atoms with Gasteiger partial charge in [-0.1, -0.05) is 45.9 Å². The molecule has 0 saturated carbocycles. The van der Waals surface area contributed by atoms with Crippen LogP contribution < -0.4 is 5.32 Å². The number of aryl methyl sites for hydroxylation is 2. The highest BCUT2D eigenvalue weighted by Crippen LogP contribution is 2.40. The van der Waals surface area contributed by atoms with Crippen molar-refractivity contribution >= 4 is 40.7 Å². The van der Waals surface area contributed by atoms with Crippen LogP contribution in [0.25, 0.3) is 11.0 Å². The number of nitrogens with one attached hydrogen (secondary N) is 1. The molecule has 1 aromatic heterocycles.